The summed E-state index contributed by atoms with van der Waals surface area (Å²) in [5.41, 5.74) is 1.80. The van der Waals surface area contributed by atoms with Crippen LogP contribution in [0, 0.1) is 11.8 Å². The van der Waals surface area contributed by atoms with Crippen LogP contribution in [-0.4, -0.2) is 22.6 Å². The molecular formula is C16H13ClN2O2. The highest BCUT2D eigenvalue weighted by Crippen LogP contribution is 2.20. The van der Waals surface area contributed by atoms with E-state index < -0.39 is 0 Å². The van der Waals surface area contributed by atoms with Crippen LogP contribution in [0.15, 0.2) is 42.6 Å². The summed E-state index contributed by atoms with van der Waals surface area (Å²) in [5, 5.41) is 12.0. The Bertz CT molecular complexity index is 690. The summed E-state index contributed by atoms with van der Waals surface area (Å²) < 4.78 is 0. The van der Waals surface area contributed by atoms with Gasteiger partial charge in [0.25, 0.3) is 0 Å². The largest absolute Gasteiger partial charge is 0.384 e. The standard InChI is InChI=1S/C16H13ClN2O2/c17-13-7-6-12(4-3-9-20)15(10-13)19-16(21)11-14-5-1-2-8-18-14/h1-2,5-8,10,20H,9,11H2,(H,19,21). The van der Waals surface area contributed by atoms with Crippen molar-refractivity contribution in [1.82, 2.24) is 4.98 Å². The van der Waals surface area contributed by atoms with E-state index >= 15 is 0 Å². The van der Waals surface area contributed by atoms with E-state index in [9.17, 15) is 4.79 Å². The maximum Gasteiger partial charge on any atom is 0.230 e. The molecule has 0 aliphatic carbocycles. The smallest absolute Gasteiger partial charge is 0.230 e. The Hall–Kier alpha value is -2.35. The lowest BCUT2D eigenvalue weighted by Gasteiger charge is -2.08. The molecule has 1 heterocycles. The van der Waals surface area contributed by atoms with E-state index in [4.69, 9.17) is 16.7 Å². The number of halogens is 1. The van der Waals surface area contributed by atoms with E-state index in [-0.39, 0.29) is 18.9 Å². The molecule has 0 bridgehead atoms. The van der Waals surface area contributed by atoms with Crippen molar-refractivity contribution in [3.63, 3.8) is 0 Å². The number of aromatic nitrogens is 1. The fourth-order valence-electron chi connectivity index (χ4n) is 1.73. The van der Waals surface area contributed by atoms with Gasteiger partial charge in [-0.25, -0.2) is 0 Å². The van der Waals surface area contributed by atoms with Gasteiger partial charge in [-0.1, -0.05) is 29.5 Å². The number of amides is 1. The summed E-state index contributed by atoms with van der Waals surface area (Å²) in [6.45, 7) is -0.246. The van der Waals surface area contributed by atoms with Crippen molar-refractivity contribution in [3.8, 4) is 11.8 Å². The lowest BCUT2D eigenvalue weighted by molar-refractivity contribution is -0.115. The third-order valence-electron chi connectivity index (χ3n) is 2.63. The molecule has 106 valence electrons. The molecule has 0 atom stereocenters. The molecule has 0 aliphatic heterocycles. The van der Waals surface area contributed by atoms with Crippen LogP contribution in [0.25, 0.3) is 0 Å². The number of carbonyl (C=O) groups excluding carboxylic acids is 1. The van der Waals surface area contributed by atoms with Gasteiger partial charge in [0.15, 0.2) is 0 Å². The zero-order chi connectivity index (χ0) is 15.1. The number of hydrogen-bond acceptors (Lipinski definition) is 3. The second-order valence-electron chi connectivity index (χ2n) is 4.20. The fourth-order valence-corrected chi connectivity index (χ4v) is 1.90. The normalized spacial score (nSPS) is 9.62. The molecule has 2 rings (SSSR count). The van der Waals surface area contributed by atoms with Crippen molar-refractivity contribution in [3.05, 3.63) is 58.9 Å². The highest BCUT2D eigenvalue weighted by atomic mass is 35.5. The minimum absolute atomic E-state index is 0.167. The van der Waals surface area contributed by atoms with Gasteiger partial charge >= 0.3 is 0 Å². The molecule has 0 saturated carbocycles. The molecular weight excluding hydrogens is 288 g/mol. The highest BCUT2D eigenvalue weighted by molar-refractivity contribution is 6.31. The Balaban J connectivity index is 2.14. The van der Waals surface area contributed by atoms with Gasteiger partial charge in [-0.15, -0.1) is 0 Å². The molecule has 0 radical (unpaired) electrons. The lowest BCUT2D eigenvalue weighted by atomic mass is 10.1. The molecule has 5 heteroatoms. The first kappa shape index (κ1) is 15.0. The first-order valence-corrected chi connectivity index (χ1v) is 6.66. The summed E-state index contributed by atoms with van der Waals surface area (Å²) in [4.78, 5) is 16.1. The number of nitrogens with one attached hydrogen (secondary N) is 1. The fraction of sp³-hybridized carbons (Fsp3) is 0.125. The third kappa shape index (κ3) is 4.60. The number of benzene rings is 1. The molecule has 2 aromatic rings. The van der Waals surface area contributed by atoms with Crippen LogP contribution in [-0.2, 0) is 11.2 Å². The van der Waals surface area contributed by atoms with E-state index in [0.29, 0.717) is 22.0 Å². The molecule has 0 aliphatic rings. The molecule has 1 aromatic heterocycles. The van der Waals surface area contributed by atoms with E-state index in [0.717, 1.165) is 0 Å². The number of rotatable bonds is 3. The Kier molecular flexibility index (Phi) is 5.33. The van der Waals surface area contributed by atoms with Crippen LogP contribution in [0.1, 0.15) is 11.3 Å². The quantitative estimate of drug-likeness (QED) is 0.855. The maximum absolute atomic E-state index is 12.0. The molecule has 21 heavy (non-hydrogen) atoms. The monoisotopic (exact) mass is 300 g/mol. The lowest BCUT2D eigenvalue weighted by Crippen LogP contribution is -2.15. The van der Waals surface area contributed by atoms with Crippen LogP contribution in [0.2, 0.25) is 5.02 Å². The summed E-state index contributed by atoms with van der Waals surface area (Å²) in [6, 6.07) is 10.4. The minimum Gasteiger partial charge on any atom is -0.384 e. The van der Waals surface area contributed by atoms with Gasteiger partial charge in [0.05, 0.1) is 12.1 Å². The van der Waals surface area contributed by atoms with Gasteiger partial charge in [0.1, 0.15) is 6.61 Å². The SMILES string of the molecule is O=C(Cc1ccccn1)Nc1cc(Cl)ccc1C#CCO. The van der Waals surface area contributed by atoms with E-state index in [1.165, 1.54) is 0 Å². The van der Waals surface area contributed by atoms with Crippen LogP contribution >= 0.6 is 11.6 Å². The molecule has 2 N–H and O–H groups in total. The minimum atomic E-state index is -0.246. The summed E-state index contributed by atoms with van der Waals surface area (Å²) in [6.07, 6.45) is 1.81. The van der Waals surface area contributed by atoms with Crippen molar-refractivity contribution in [2.24, 2.45) is 0 Å². The van der Waals surface area contributed by atoms with Gasteiger partial charge in [0, 0.05) is 22.5 Å². The predicted molar refractivity (Wildman–Crippen MR) is 82.0 cm³/mol. The Morgan fingerprint density at radius 3 is 2.90 bits per heavy atom. The molecule has 1 aromatic carbocycles. The average molecular weight is 301 g/mol. The summed E-state index contributed by atoms with van der Waals surface area (Å²) >= 11 is 5.93. The van der Waals surface area contributed by atoms with Crippen LogP contribution < -0.4 is 5.32 Å². The topological polar surface area (TPSA) is 62.2 Å². The van der Waals surface area contributed by atoms with Crippen LogP contribution in [0.5, 0.6) is 0 Å². The number of anilines is 1. The number of pyridine rings is 1. The van der Waals surface area contributed by atoms with Crippen molar-refractivity contribution in [1.29, 1.82) is 0 Å². The second-order valence-corrected chi connectivity index (χ2v) is 4.63. The average Bonchev–Trinajstić information content (AvgIpc) is 2.47. The molecule has 0 fully saturated rings. The van der Waals surface area contributed by atoms with Gasteiger partial charge in [-0.2, -0.15) is 0 Å². The van der Waals surface area contributed by atoms with Gasteiger partial charge < -0.3 is 10.4 Å². The zero-order valence-electron chi connectivity index (χ0n) is 11.1. The Morgan fingerprint density at radius 2 is 2.19 bits per heavy atom. The molecule has 1 amide bonds. The number of aliphatic hydroxyl groups excluding tert-OH is 1. The zero-order valence-corrected chi connectivity index (χ0v) is 11.9. The Labute approximate surface area is 127 Å². The van der Waals surface area contributed by atoms with Crippen molar-refractivity contribution >= 4 is 23.2 Å². The van der Waals surface area contributed by atoms with E-state index in [2.05, 4.69) is 22.1 Å². The Morgan fingerprint density at radius 1 is 1.33 bits per heavy atom. The van der Waals surface area contributed by atoms with Crippen molar-refractivity contribution in [2.45, 2.75) is 6.42 Å². The predicted octanol–water partition coefficient (Wildman–Crippen LogP) is 2.26. The number of aliphatic hydroxyl groups is 1. The van der Waals surface area contributed by atoms with Crippen LogP contribution in [0.4, 0.5) is 5.69 Å². The first-order chi connectivity index (χ1) is 10.2. The molecule has 0 spiro atoms. The van der Waals surface area contributed by atoms with Gasteiger partial charge in [-0.05, 0) is 30.3 Å². The molecule has 0 unspecified atom stereocenters. The maximum atomic E-state index is 12.0. The molecule has 4 nitrogen and oxygen atoms in total. The first-order valence-electron chi connectivity index (χ1n) is 6.28. The van der Waals surface area contributed by atoms with Crippen molar-refractivity contribution < 1.29 is 9.90 Å². The van der Waals surface area contributed by atoms with Crippen molar-refractivity contribution in [2.75, 3.05) is 11.9 Å². The number of hydrogen-bond donors (Lipinski definition) is 2. The van der Waals surface area contributed by atoms with Crippen LogP contribution in [0.3, 0.4) is 0 Å². The number of carbonyl (C=O) groups is 1. The number of nitrogens with zero attached hydrogens (tertiary/aromatic N) is 1. The highest BCUT2D eigenvalue weighted by Gasteiger charge is 2.08. The molecule has 0 saturated heterocycles. The van der Waals surface area contributed by atoms with E-state index in [1.54, 1.807) is 36.5 Å². The summed E-state index contributed by atoms with van der Waals surface area (Å²) in [5.74, 6) is 5.11. The van der Waals surface area contributed by atoms with E-state index in [1.807, 2.05) is 6.07 Å². The third-order valence-corrected chi connectivity index (χ3v) is 2.86. The van der Waals surface area contributed by atoms with Gasteiger partial charge in [-0.3, -0.25) is 9.78 Å². The van der Waals surface area contributed by atoms with Gasteiger partial charge in [0.2, 0.25) is 5.91 Å². The summed E-state index contributed by atoms with van der Waals surface area (Å²) in [7, 11) is 0. The second kappa shape index (κ2) is 7.44.